The molecule has 0 bridgehead atoms. The molecule has 3 heteroatoms. The van der Waals surface area contributed by atoms with Gasteiger partial charge in [-0.2, -0.15) is 0 Å². The molecular formula is C27H31NO2. The van der Waals surface area contributed by atoms with E-state index < -0.39 is 6.10 Å². The minimum Gasteiger partial charge on any atom is -0.457 e. The van der Waals surface area contributed by atoms with Crippen LogP contribution >= 0.6 is 0 Å². The van der Waals surface area contributed by atoms with Gasteiger partial charge in [-0.3, -0.25) is 0 Å². The van der Waals surface area contributed by atoms with E-state index in [-0.39, 0.29) is 0 Å². The Labute approximate surface area is 179 Å². The highest BCUT2D eigenvalue weighted by Crippen LogP contribution is 2.34. The Morgan fingerprint density at radius 1 is 0.900 bits per heavy atom. The van der Waals surface area contributed by atoms with E-state index in [1.165, 1.54) is 36.8 Å². The van der Waals surface area contributed by atoms with E-state index in [1.54, 1.807) is 0 Å². The predicted molar refractivity (Wildman–Crippen MR) is 123 cm³/mol. The lowest BCUT2D eigenvalue weighted by Crippen LogP contribution is -2.30. The molecule has 0 heterocycles. The van der Waals surface area contributed by atoms with Gasteiger partial charge in [-0.25, -0.2) is 0 Å². The second-order valence-electron chi connectivity index (χ2n) is 8.37. The first kappa shape index (κ1) is 20.5. The van der Waals surface area contributed by atoms with Crippen LogP contribution in [-0.4, -0.2) is 17.8 Å². The van der Waals surface area contributed by atoms with Crippen LogP contribution in [0.2, 0.25) is 0 Å². The minimum absolute atomic E-state index is 0.415. The summed E-state index contributed by atoms with van der Waals surface area (Å²) in [5.74, 6) is 2.33. The number of hydrogen-bond donors (Lipinski definition) is 1. The number of rotatable bonds is 8. The lowest BCUT2D eigenvalue weighted by Gasteiger charge is -2.27. The van der Waals surface area contributed by atoms with E-state index in [4.69, 9.17) is 4.74 Å². The second kappa shape index (κ2) is 9.82. The van der Waals surface area contributed by atoms with Gasteiger partial charge in [-0.1, -0.05) is 61.4 Å². The molecule has 0 saturated heterocycles. The fourth-order valence-electron chi connectivity index (χ4n) is 4.37. The first-order valence-corrected chi connectivity index (χ1v) is 11.0. The van der Waals surface area contributed by atoms with Gasteiger partial charge in [0.1, 0.15) is 11.5 Å². The molecule has 0 spiro atoms. The molecular weight excluding hydrogens is 370 g/mol. The van der Waals surface area contributed by atoms with Gasteiger partial charge < -0.3 is 14.7 Å². The molecule has 3 aromatic rings. The summed E-state index contributed by atoms with van der Waals surface area (Å²) in [5, 5.41) is 10.1. The Morgan fingerprint density at radius 2 is 1.63 bits per heavy atom. The van der Waals surface area contributed by atoms with E-state index in [9.17, 15) is 5.11 Å². The first-order valence-electron chi connectivity index (χ1n) is 11.0. The molecule has 1 atom stereocenters. The fraction of sp³-hybridized carbons (Fsp3) is 0.333. The molecule has 156 valence electrons. The molecule has 1 N–H and O–H groups in total. The second-order valence-corrected chi connectivity index (χ2v) is 8.37. The normalized spacial score (nSPS) is 15.1. The molecule has 30 heavy (non-hydrogen) atoms. The standard InChI is InChI=1S/C27H31NO2/c1-21(29)19-28(20-22-9-7-12-24(17-22)23-10-5-6-11-23)25-13-8-16-27(18-25)30-26-14-3-2-4-15-26/h2-4,7-9,12-18,21,23,29H,5-6,10-11,19-20H2,1H3. The van der Waals surface area contributed by atoms with E-state index in [0.29, 0.717) is 12.5 Å². The van der Waals surface area contributed by atoms with Crippen molar-refractivity contribution in [3.05, 3.63) is 90.0 Å². The molecule has 4 rings (SSSR count). The number of anilines is 1. The third-order valence-corrected chi connectivity index (χ3v) is 5.80. The van der Waals surface area contributed by atoms with Crippen molar-refractivity contribution in [1.82, 2.24) is 0 Å². The highest BCUT2D eigenvalue weighted by molar-refractivity contribution is 5.52. The van der Waals surface area contributed by atoms with Gasteiger partial charge in [0.2, 0.25) is 0 Å². The summed E-state index contributed by atoms with van der Waals surface area (Å²) in [5.41, 5.74) is 3.80. The van der Waals surface area contributed by atoms with E-state index in [2.05, 4.69) is 41.3 Å². The maximum absolute atomic E-state index is 10.1. The minimum atomic E-state index is -0.415. The van der Waals surface area contributed by atoms with Crippen molar-refractivity contribution in [2.24, 2.45) is 0 Å². The van der Waals surface area contributed by atoms with Crippen LogP contribution in [0.25, 0.3) is 0 Å². The quantitative estimate of drug-likeness (QED) is 0.466. The van der Waals surface area contributed by atoms with E-state index >= 15 is 0 Å². The van der Waals surface area contributed by atoms with Crippen LogP contribution in [0.15, 0.2) is 78.9 Å². The van der Waals surface area contributed by atoms with Crippen LogP contribution in [0, 0.1) is 0 Å². The summed E-state index contributed by atoms with van der Waals surface area (Å²) in [6, 6.07) is 26.9. The number of ether oxygens (including phenoxy) is 1. The highest BCUT2D eigenvalue weighted by atomic mass is 16.5. The number of hydrogen-bond acceptors (Lipinski definition) is 3. The van der Waals surface area contributed by atoms with Gasteiger partial charge in [0.15, 0.2) is 0 Å². The van der Waals surface area contributed by atoms with Gasteiger partial charge in [-0.15, -0.1) is 0 Å². The molecule has 1 fully saturated rings. The van der Waals surface area contributed by atoms with Gasteiger partial charge in [-0.05, 0) is 61.1 Å². The Bertz CT molecular complexity index is 932. The lowest BCUT2D eigenvalue weighted by molar-refractivity contribution is 0.199. The Morgan fingerprint density at radius 3 is 2.40 bits per heavy atom. The van der Waals surface area contributed by atoms with Crippen molar-refractivity contribution in [3.8, 4) is 11.5 Å². The van der Waals surface area contributed by atoms with Gasteiger partial charge in [0.05, 0.1) is 6.10 Å². The van der Waals surface area contributed by atoms with Crippen molar-refractivity contribution in [2.45, 2.75) is 51.2 Å². The average Bonchev–Trinajstić information content (AvgIpc) is 3.29. The Kier molecular flexibility index (Phi) is 6.70. The maximum Gasteiger partial charge on any atom is 0.129 e. The van der Waals surface area contributed by atoms with Crippen molar-refractivity contribution < 1.29 is 9.84 Å². The number of para-hydroxylation sites is 1. The van der Waals surface area contributed by atoms with E-state index in [1.807, 2.05) is 49.4 Å². The third kappa shape index (κ3) is 5.43. The van der Waals surface area contributed by atoms with Crippen molar-refractivity contribution >= 4 is 5.69 Å². The van der Waals surface area contributed by atoms with Crippen LogP contribution < -0.4 is 9.64 Å². The predicted octanol–water partition coefficient (Wildman–Crippen LogP) is 6.52. The number of aliphatic hydroxyl groups is 1. The first-order chi connectivity index (χ1) is 14.7. The number of nitrogens with zero attached hydrogens (tertiary/aromatic N) is 1. The molecule has 3 aromatic carbocycles. The molecule has 1 aliphatic carbocycles. The van der Waals surface area contributed by atoms with Crippen molar-refractivity contribution in [2.75, 3.05) is 11.4 Å². The Balaban J connectivity index is 1.54. The topological polar surface area (TPSA) is 32.7 Å². The summed E-state index contributed by atoms with van der Waals surface area (Å²) in [6.07, 6.45) is 4.88. The molecule has 1 aliphatic rings. The molecule has 0 aliphatic heterocycles. The van der Waals surface area contributed by atoms with Gasteiger partial charge in [0, 0.05) is 24.8 Å². The zero-order valence-electron chi connectivity index (χ0n) is 17.7. The van der Waals surface area contributed by atoms with Gasteiger partial charge >= 0.3 is 0 Å². The fourth-order valence-corrected chi connectivity index (χ4v) is 4.37. The zero-order chi connectivity index (χ0) is 20.8. The van der Waals surface area contributed by atoms with Crippen molar-refractivity contribution in [1.29, 1.82) is 0 Å². The number of benzene rings is 3. The third-order valence-electron chi connectivity index (χ3n) is 5.80. The monoisotopic (exact) mass is 401 g/mol. The smallest absolute Gasteiger partial charge is 0.129 e. The zero-order valence-corrected chi connectivity index (χ0v) is 17.7. The summed E-state index contributed by atoms with van der Waals surface area (Å²) < 4.78 is 6.02. The van der Waals surface area contributed by atoms with Crippen LogP contribution in [0.5, 0.6) is 11.5 Å². The molecule has 3 nitrogen and oxygen atoms in total. The summed E-state index contributed by atoms with van der Waals surface area (Å²) in [7, 11) is 0. The maximum atomic E-state index is 10.1. The van der Waals surface area contributed by atoms with E-state index in [0.717, 1.165) is 23.7 Å². The summed E-state index contributed by atoms with van der Waals surface area (Å²) in [4.78, 5) is 2.23. The van der Waals surface area contributed by atoms with Crippen molar-refractivity contribution in [3.63, 3.8) is 0 Å². The van der Waals surface area contributed by atoms with Gasteiger partial charge in [0.25, 0.3) is 0 Å². The molecule has 1 unspecified atom stereocenters. The SMILES string of the molecule is CC(O)CN(Cc1cccc(C2CCCC2)c1)c1cccc(Oc2ccccc2)c1. The molecule has 0 radical (unpaired) electrons. The summed E-state index contributed by atoms with van der Waals surface area (Å²) in [6.45, 7) is 3.18. The van der Waals surface area contributed by atoms with Crippen LogP contribution in [-0.2, 0) is 6.54 Å². The van der Waals surface area contributed by atoms with Crippen LogP contribution in [0.1, 0.15) is 49.7 Å². The van der Waals surface area contributed by atoms with Crippen LogP contribution in [0.3, 0.4) is 0 Å². The Hall–Kier alpha value is -2.78. The number of aliphatic hydroxyl groups excluding tert-OH is 1. The molecule has 0 aromatic heterocycles. The van der Waals surface area contributed by atoms with Crippen LogP contribution in [0.4, 0.5) is 5.69 Å². The largest absolute Gasteiger partial charge is 0.457 e. The lowest BCUT2D eigenvalue weighted by atomic mass is 9.96. The summed E-state index contributed by atoms with van der Waals surface area (Å²) >= 11 is 0. The molecule has 1 saturated carbocycles. The average molecular weight is 402 g/mol. The highest BCUT2D eigenvalue weighted by Gasteiger charge is 2.18. The molecule has 0 amide bonds.